The molecule has 3 nitrogen and oxygen atoms in total. The van der Waals surface area contributed by atoms with Crippen molar-refractivity contribution in [1.82, 2.24) is 4.90 Å². The molecule has 0 aromatic heterocycles. The number of hydrogen-bond donors (Lipinski definition) is 1. The van der Waals surface area contributed by atoms with Crippen molar-refractivity contribution in [2.24, 2.45) is 0 Å². The lowest BCUT2D eigenvalue weighted by Crippen LogP contribution is -2.44. The first-order valence-corrected chi connectivity index (χ1v) is 7.57. The number of aliphatic hydroxyl groups is 1. The topological polar surface area (TPSA) is 40.5 Å². The van der Waals surface area contributed by atoms with Crippen LogP contribution in [0, 0.1) is 17.7 Å². The summed E-state index contributed by atoms with van der Waals surface area (Å²) in [6.45, 7) is 2.38. The number of carbonyl (C=O) groups is 1. The van der Waals surface area contributed by atoms with Crippen molar-refractivity contribution in [3.63, 3.8) is 0 Å². The van der Waals surface area contributed by atoms with Crippen LogP contribution in [0.2, 0.25) is 0 Å². The number of aliphatic hydroxyl groups excluding tert-OH is 1. The molecule has 0 saturated carbocycles. The minimum absolute atomic E-state index is 0.125. The van der Waals surface area contributed by atoms with Gasteiger partial charge in [0.05, 0.1) is 5.56 Å². The number of halogens is 1. The molecule has 1 saturated heterocycles. The van der Waals surface area contributed by atoms with Crippen LogP contribution in [-0.4, -0.2) is 46.6 Å². The Morgan fingerprint density at radius 2 is 2.40 bits per heavy atom. The number of hydrogen-bond acceptors (Lipinski definition) is 3. The van der Waals surface area contributed by atoms with Gasteiger partial charge in [0.15, 0.2) is 0 Å². The highest BCUT2D eigenvalue weighted by molar-refractivity contribution is 7.99. The Bertz CT molecular complexity index is 565. The van der Waals surface area contributed by atoms with Crippen molar-refractivity contribution in [3.8, 4) is 11.8 Å². The van der Waals surface area contributed by atoms with Crippen molar-refractivity contribution < 1.29 is 14.3 Å². The minimum Gasteiger partial charge on any atom is -0.384 e. The largest absolute Gasteiger partial charge is 0.384 e. The Balaban J connectivity index is 2.33. The fraction of sp³-hybridized carbons (Fsp3) is 0.400. The van der Waals surface area contributed by atoms with Gasteiger partial charge in [0.25, 0.3) is 5.91 Å². The molecule has 106 valence electrons. The van der Waals surface area contributed by atoms with Crippen LogP contribution in [0.25, 0.3) is 0 Å². The van der Waals surface area contributed by atoms with Crippen molar-refractivity contribution in [2.75, 3.05) is 24.7 Å². The molecule has 1 heterocycles. The van der Waals surface area contributed by atoms with Crippen molar-refractivity contribution >= 4 is 17.7 Å². The Morgan fingerprint density at radius 1 is 1.60 bits per heavy atom. The molecule has 1 amide bonds. The maximum Gasteiger partial charge on any atom is 0.255 e. The molecule has 20 heavy (non-hydrogen) atoms. The Labute approximate surface area is 122 Å². The molecule has 1 N–H and O–H groups in total. The lowest BCUT2D eigenvalue weighted by atomic mass is 10.1. The van der Waals surface area contributed by atoms with Crippen LogP contribution in [0.4, 0.5) is 4.39 Å². The predicted octanol–water partition coefficient (Wildman–Crippen LogP) is 1.75. The van der Waals surface area contributed by atoms with Gasteiger partial charge in [-0.25, -0.2) is 4.39 Å². The third kappa shape index (κ3) is 3.33. The second-order valence-electron chi connectivity index (χ2n) is 4.57. The minimum atomic E-state index is -0.439. The molecule has 0 bridgehead atoms. The van der Waals surface area contributed by atoms with Gasteiger partial charge in [0.2, 0.25) is 0 Å². The molecule has 5 heteroatoms. The van der Waals surface area contributed by atoms with E-state index in [4.69, 9.17) is 5.11 Å². The van der Waals surface area contributed by atoms with Crippen LogP contribution in [0.1, 0.15) is 22.8 Å². The van der Waals surface area contributed by atoms with E-state index in [0.29, 0.717) is 17.7 Å². The first kappa shape index (κ1) is 14.9. The van der Waals surface area contributed by atoms with E-state index in [2.05, 4.69) is 11.8 Å². The van der Waals surface area contributed by atoms with E-state index in [1.807, 2.05) is 18.7 Å². The van der Waals surface area contributed by atoms with Gasteiger partial charge < -0.3 is 10.0 Å². The van der Waals surface area contributed by atoms with Gasteiger partial charge in [0.1, 0.15) is 12.4 Å². The average molecular weight is 293 g/mol. The number of nitrogens with zero attached hydrogens (tertiary/aromatic N) is 1. The van der Waals surface area contributed by atoms with E-state index in [-0.39, 0.29) is 18.6 Å². The maximum absolute atomic E-state index is 13.3. The van der Waals surface area contributed by atoms with Crippen LogP contribution >= 0.6 is 11.8 Å². The molecule has 2 rings (SSSR count). The second-order valence-corrected chi connectivity index (χ2v) is 5.72. The molecule has 1 aromatic rings. The fourth-order valence-corrected chi connectivity index (χ4v) is 3.14. The smallest absolute Gasteiger partial charge is 0.255 e. The van der Waals surface area contributed by atoms with Crippen molar-refractivity contribution in [1.29, 1.82) is 0 Å². The molecule has 1 fully saturated rings. The Kier molecular flexibility index (Phi) is 5.05. The van der Waals surface area contributed by atoms with Gasteiger partial charge in [-0.2, -0.15) is 11.8 Å². The van der Waals surface area contributed by atoms with Gasteiger partial charge in [-0.3, -0.25) is 4.79 Å². The highest BCUT2D eigenvalue weighted by Gasteiger charge is 2.25. The molecular formula is C15H16FNO2S. The fourth-order valence-electron chi connectivity index (χ4n) is 2.12. The molecular weight excluding hydrogens is 277 g/mol. The Hall–Kier alpha value is -1.51. The highest BCUT2D eigenvalue weighted by Crippen LogP contribution is 2.20. The second kappa shape index (κ2) is 6.78. The first-order valence-electron chi connectivity index (χ1n) is 6.41. The standard InChI is InChI=1S/C15H16FNO2S/c1-11-10-20-8-6-17(11)15(19)14-5-4-13(16)9-12(14)3-2-7-18/h4-5,9,11,18H,6-8,10H2,1H3. The van der Waals surface area contributed by atoms with Gasteiger partial charge in [0, 0.05) is 29.7 Å². The van der Waals surface area contributed by atoms with Crippen LogP contribution < -0.4 is 0 Å². The first-order chi connectivity index (χ1) is 9.63. The monoisotopic (exact) mass is 293 g/mol. The summed E-state index contributed by atoms with van der Waals surface area (Å²) < 4.78 is 13.3. The van der Waals surface area contributed by atoms with E-state index in [0.717, 1.165) is 11.5 Å². The maximum atomic E-state index is 13.3. The summed E-state index contributed by atoms with van der Waals surface area (Å²) in [6, 6.07) is 4.12. The quantitative estimate of drug-likeness (QED) is 0.802. The summed E-state index contributed by atoms with van der Waals surface area (Å²) >= 11 is 1.82. The molecule has 0 spiro atoms. The summed E-state index contributed by atoms with van der Waals surface area (Å²) in [5, 5.41) is 8.75. The van der Waals surface area contributed by atoms with Gasteiger partial charge in [-0.05, 0) is 25.1 Å². The van der Waals surface area contributed by atoms with E-state index in [1.165, 1.54) is 18.2 Å². The van der Waals surface area contributed by atoms with E-state index in [1.54, 1.807) is 4.90 Å². The number of thioether (sulfide) groups is 1. The highest BCUT2D eigenvalue weighted by atomic mass is 32.2. The SMILES string of the molecule is CC1CSCCN1C(=O)c1ccc(F)cc1C#CCO. The van der Waals surface area contributed by atoms with Crippen LogP contribution in [0.15, 0.2) is 18.2 Å². The number of carbonyl (C=O) groups excluding carboxylic acids is 1. The van der Waals surface area contributed by atoms with E-state index in [9.17, 15) is 9.18 Å². The van der Waals surface area contributed by atoms with E-state index < -0.39 is 5.82 Å². The van der Waals surface area contributed by atoms with Crippen LogP contribution in [-0.2, 0) is 0 Å². The summed E-state index contributed by atoms with van der Waals surface area (Å²) in [7, 11) is 0. The summed E-state index contributed by atoms with van der Waals surface area (Å²) in [4.78, 5) is 14.4. The predicted molar refractivity (Wildman–Crippen MR) is 78.2 cm³/mol. The molecule has 1 aliphatic rings. The lowest BCUT2D eigenvalue weighted by molar-refractivity contribution is 0.0715. The number of amides is 1. The average Bonchev–Trinajstić information content (AvgIpc) is 2.45. The molecule has 1 unspecified atom stereocenters. The molecule has 0 radical (unpaired) electrons. The van der Waals surface area contributed by atoms with Crippen molar-refractivity contribution in [3.05, 3.63) is 35.1 Å². The van der Waals surface area contributed by atoms with E-state index >= 15 is 0 Å². The normalized spacial score (nSPS) is 18.4. The molecule has 0 aliphatic carbocycles. The summed E-state index contributed by atoms with van der Waals surface area (Å²) in [5.41, 5.74) is 0.723. The third-order valence-electron chi connectivity index (χ3n) is 3.14. The van der Waals surface area contributed by atoms with Gasteiger partial charge >= 0.3 is 0 Å². The van der Waals surface area contributed by atoms with Crippen LogP contribution in [0.5, 0.6) is 0 Å². The zero-order valence-electron chi connectivity index (χ0n) is 11.2. The van der Waals surface area contributed by atoms with Gasteiger partial charge in [-0.15, -0.1) is 0 Å². The third-order valence-corrected chi connectivity index (χ3v) is 4.33. The zero-order chi connectivity index (χ0) is 14.5. The number of rotatable bonds is 1. The Morgan fingerprint density at radius 3 is 3.10 bits per heavy atom. The molecule has 1 aromatic carbocycles. The molecule has 1 aliphatic heterocycles. The zero-order valence-corrected chi connectivity index (χ0v) is 12.0. The summed E-state index contributed by atoms with van der Waals surface area (Å²) in [5.74, 6) is 6.37. The number of benzene rings is 1. The summed E-state index contributed by atoms with van der Waals surface area (Å²) in [6.07, 6.45) is 0. The van der Waals surface area contributed by atoms with Crippen LogP contribution in [0.3, 0.4) is 0 Å². The molecule has 1 atom stereocenters. The van der Waals surface area contributed by atoms with Crippen molar-refractivity contribution in [2.45, 2.75) is 13.0 Å². The lowest BCUT2D eigenvalue weighted by Gasteiger charge is -2.33. The van der Waals surface area contributed by atoms with Gasteiger partial charge in [-0.1, -0.05) is 11.8 Å².